The standard InChI is InChI=1S/C28H35N3O4/c1-3-19(4-2)25-27(34)30-24(23-15-21-7-5-6-8-22(21)16-23)28(35)31(25)17-18-9-11-20(12-10-18)26(33)29-13-14-32/h5-12,19,23-25,32H,3-4,13-17H2,1-2H3,(H,29,33)(H,30,34)/t24-,25+/m1/s1. The van der Waals surface area contributed by atoms with Crippen LogP contribution in [0, 0.1) is 11.8 Å². The Kier molecular flexibility index (Phi) is 7.86. The maximum atomic E-state index is 13.9. The van der Waals surface area contributed by atoms with Gasteiger partial charge in [-0.2, -0.15) is 0 Å². The van der Waals surface area contributed by atoms with Crippen LogP contribution in [-0.4, -0.2) is 53.0 Å². The minimum absolute atomic E-state index is 0.0240. The highest BCUT2D eigenvalue weighted by atomic mass is 16.3. The predicted molar refractivity (Wildman–Crippen MR) is 134 cm³/mol. The second-order valence-corrected chi connectivity index (χ2v) is 9.59. The molecule has 3 N–H and O–H groups in total. The Bertz CT molecular complexity index is 1040. The largest absolute Gasteiger partial charge is 0.395 e. The van der Waals surface area contributed by atoms with Crippen molar-refractivity contribution >= 4 is 17.7 Å². The third-order valence-electron chi connectivity index (χ3n) is 7.47. The molecule has 4 rings (SSSR count). The van der Waals surface area contributed by atoms with Crippen molar-refractivity contribution in [1.29, 1.82) is 0 Å². The molecule has 2 aliphatic rings. The van der Waals surface area contributed by atoms with E-state index in [1.54, 1.807) is 17.0 Å². The molecular weight excluding hydrogens is 442 g/mol. The molecule has 1 aliphatic heterocycles. The van der Waals surface area contributed by atoms with Crippen molar-refractivity contribution in [2.75, 3.05) is 13.2 Å². The molecule has 2 atom stereocenters. The van der Waals surface area contributed by atoms with E-state index in [9.17, 15) is 14.4 Å². The van der Waals surface area contributed by atoms with E-state index in [-0.39, 0.29) is 42.7 Å². The molecule has 7 heteroatoms. The van der Waals surface area contributed by atoms with Crippen LogP contribution in [0.5, 0.6) is 0 Å². The van der Waals surface area contributed by atoms with Gasteiger partial charge >= 0.3 is 0 Å². The number of hydrogen-bond donors (Lipinski definition) is 3. The lowest BCUT2D eigenvalue weighted by Gasteiger charge is -2.43. The zero-order valence-corrected chi connectivity index (χ0v) is 20.5. The van der Waals surface area contributed by atoms with Crippen molar-refractivity contribution in [2.24, 2.45) is 11.8 Å². The van der Waals surface area contributed by atoms with Crippen molar-refractivity contribution in [2.45, 2.75) is 58.2 Å². The van der Waals surface area contributed by atoms with Gasteiger partial charge < -0.3 is 20.6 Å². The zero-order chi connectivity index (χ0) is 24.9. The Morgan fingerprint density at radius 2 is 1.69 bits per heavy atom. The number of carbonyl (C=O) groups is 3. The van der Waals surface area contributed by atoms with Gasteiger partial charge in [-0.3, -0.25) is 14.4 Å². The average Bonchev–Trinajstić information content (AvgIpc) is 3.31. The van der Waals surface area contributed by atoms with Crippen molar-refractivity contribution < 1.29 is 19.5 Å². The minimum atomic E-state index is -0.538. The Hall–Kier alpha value is -3.19. The van der Waals surface area contributed by atoms with Gasteiger partial charge in [-0.1, -0.05) is 63.1 Å². The molecule has 3 amide bonds. The van der Waals surface area contributed by atoms with Gasteiger partial charge in [-0.25, -0.2) is 0 Å². The first-order valence-corrected chi connectivity index (χ1v) is 12.6. The molecule has 1 heterocycles. The van der Waals surface area contributed by atoms with Crippen molar-refractivity contribution in [3.8, 4) is 0 Å². The Morgan fingerprint density at radius 1 is 1.06 bits per heavy atom. The quantitative estimate of drug-likeness (QED) is 0.517. The topological polar surface area (TPSA) is 98.7 Å². The molecule has 1 saturated heterocycles. The Labute approximate surface area is 206 Å². The molecule has 186 valence electrons. The first-order chi connectivity index (χ1) is 17.0. The summed E-state index contributed by atoms with van der Waals surface area (Å²) in [5, 5.41) is 14.6. The van der Waals surface area contributed by atoms with Gasteiger partial charge in [0.1, 0.15) is 12.1 Å². The van der Waals surface area contributed by atoms with Gasteiger partial charge in [0.15, 0.2) is 0 Å². The number of fused-ring (bicyclic) bond motifs is 1. The number of piperazine rings is 1. The molecule has 0 aromatic heterocycles. The van der Waals surface area contributed by atoms with E-state index >= 15 is 0 Å². The molecule has 0 bridgehead atoms. The fourth-order valence-electron chi connectivity index (χ4n) is 5.52. The van der Waals surface area contributed by atoms with Crippen molar-refractivity contribution in [3.63, 3.8) is 0 Å². The highest BCUT2D eigenvalue weighted by Crippen LogP contribution is 2.33. The highest BCUT2D eigenvalue weighted by molar-refractivity contribution is 5.97. The molecule has 0 saturated carbocycles. The van der Waals surface area contributed by atoms with Gasteiger partial charge in [0.05, 0.1) is 6.61 Å². The van der Waals surface area contributed by atoms with Crippen LogP contribution >= 0.6 is 0 Å². The van der Waals surface area contributed by atoms with Gasteiger partial charge in [-0.15, -0.1) is 0 Å². The molecule has 0 spiro atoms. The smallest absolute Gasteiger partial charge is 0.251 e. The van der Waals surface area contributed by atoms with Crippen LogP contribution in [-0.2, 0) is 29.0 Å². The zero-order valence-electron chi connectivity index (χ0n) is 20.5. The summed E-state index contributed by atoms with van der Waals surface area (Å²) in [6.07, 6.45) is 3.19. The molecule has 35 heavy (non-hydrogen) atoms. The number of carbonyl (C=O) groups excluding carboxylic acids is 3. The number of benzene rings is 2. The molecule has 0 radical (unpaired) electrons. The Morgan fingerprint density at radius 3 is 2.26 bits per heavy atom. The summed E-state index contributed by atoms with van der Waals surface area (Å²) in [4.78, 5) is 41.2. The normalized spacial score (nSPS) is 20.2. The summed E-state index contributed by atoms with van der Waals surface area (Å²) >= 11 is 0. The molecule has 1 fully saturated rings. The number of nitrogens with zero attached hydrogens (tertiary/aromatic N) is 1. The van der Waals surface area contributed by atoms with E-state index in [1.165, 1.54) is 11.1 Å². The fourth-order valence-corrected chi connectivity index (χ4v) is 5.52. The summed E-state index contributed by atoms with van der Waals surface area (Å²) in [5.74, 6) is -0.228. The summed E-state index contributed by atoms with van der Waals surface area (Å²) in [5.41, 5.74) is 3.87. The molecule has 1 aliphatic carbocycles. The number of hydrogen-bond acceptors (Lipinski definition) is 4. The molecular formula is C28H35N3O4. The van der Waals surface area contributed by atoms with E-state index in [4.69, 9.17) is 5.11 Å². The van der Waals surface area contributed by atoms with Crippen LogP contribution in [0.15, 0.2) is 48.5 Å². The summed E-state index contributed by atoms with van der Waals surface area (Å²) < 4.78 is 0. The van der Waals surface area contributed by atoms with Crippen molar-refractivity contribution in [1.82, 2.24) is 15.5 Å². The Balaban J connectivity index is 1.56. The monoisotopic (exact) mass is 477 g/mol. The van der Waals surface area contributed by atoms with Crippen LogP contribution in [0.2, 0.25) is 0 Å². The van der Waals surface area contributed by atoms with Crippen LogP contribution in [0.1, 0.15) is 53.7 Å². The molecule has 0 unspecified atom stereocenters. The first kappa shape index (κ1) is 24.9. The third kappa shape index (κ3) is 5.25. The third-order valence-corrected chi connectivity index (χ3v) is 7.47. The first-order valence-electron chi connectivity index (χ1n) is 12.6. The summed E-state index contributed by atoms with van der Waals surface area (Å²) in [6.45, 7) is 4.52. The SMILES string of the molecule is CCC(CC)[C@H]1C(=O)N[C@H](C2Cc3ccccc3C2)C(=O)N1Cc1ccc(C(=O)NCCO)cc1. The highest BCUT2D eigenvalue weighted by Gasteiger charge is 2.46. The maximum absolute atomic E-state index is 13.9. The van der Waals surface area contributed by atoms with Gasteiger partial charge in [0.25, 0.3) is 5.91 Å². The van der Waals surface area contributed by atoms with Gasteiger partial charge in [0, 0.05) is 18.7 Å². The van der Waals surface area contributed by atoms with Crippen LogP contribution in [0.4, 0.5) is 0 Å². The van der Waals surface area contributed by atoms with Crippen LogP contribution < -0.4 is 10.6 Å². The predicted octanol–water partition coefficient (Wildman–Crippen LogP) is 2.46. The van der Waals surface area contributed by atoms with E-state index in [2.05, 4.69) is 36.6 Å². The number of aliphatic hydroxyl groups is 1. The second kappa shape index (κ2) is 11.0. The number of nitrogens with one attached hydrogen (secondary N) is 2. The summed E-state index contributed by atoms with van der Waals surface area (Å²) in [6, 6.07) is 14.3. The van der Waals surface area contributed by atoms with Crippen molar-refractivity contribution in [3.05, 3.63) is 70.8 Å². The second-order valence-electron chi connectivity index (χ2n) is 9.59. The molecule has 7 nitrogen and oxygen atoms in total. The van der Waals surface area contributed by atoms with Crippen LogP contribution in [0.3, 0.4) is 0 Å². The van der Waals surface area contributed by atoms with E-state index in [0.29, 0.717) is 12.1 Å². The average molecular weight is 478 g/mol. The minimum Gasteiger partial charge on any atom is -0.395 e. The molecule has 2 aromatic carbocycles. The van der Waals surface area contributed by atoms with Crippen LogP contribution in [0.25, 0.3) is 0 Å². The van der Waals surface area contributed by atoms with Gasteiger partial charge in [0.2, 0.25) is 11.8 Å². The maximum Gasteiger partial charge on any atom is 0.251 e. The van der Waals surface area contributed by atoms with E-state index in [0.717, 1.165) is 31.2 Å². The summed E-state index contributed by atoms with van der Waals surface area (Å²) in [7, 11) is 0. The lowest BCUT2D eigenvalue weighted by Crippen LogP contribution is -2.66. The number of amides is 3. The lowest BCUT2D eigenvalue weighted by molar-refractivity contribution is -0.154. The number of aliphatic hydroxyl groups excluding tert-OH is 1. The lowest BCUT2D eigenvalue weighted by atomic mass is 9.86. The van der Waals surface area contributed by atoms with E-state index < -0.39 is 12.1 Å². The number of rotatable bonds is 9. The van der Waals surface area contributed by atoms with E-state index in [1.807, 2.05) is 24.3 Å². The fraction of sp³-hybridized carbons (Fsp3) is 0.464. The molecule has 2 aromatic rings. The van der Waals surface area contributed by atoms with Gasteiger partial charge in [-0.05, 0) is 53.5 Å².